The summed E-state index contributed by atoms with van der Waals surface area (Å²) in [4.78, 5) is 12.0. The van der Waals surface area contributed by atoms with E-state index < -0.39 is 5.75 Å². The van der Waals surface area contributed by atoms with Crippen molar-refractivity contribution < 1.29 is 19.7 Å². The lowest BCUT2D eigenvalue weighted by molar-refractivity contribution is 0.400. The monoisotopic (exact) mass is 270 g/mol. The Morgan fingerprint density at radius 3 is 2.40 bits per heavy atom. The molecule has 0 bridgehead atoms. The third-order valence-electron chi connectivity index (χ3n) is 3.02. The van der Waals surface area contributed by atoms with Crippen LogP contribution in [0.4, 0.5) is 0 Å². The Bertz CT molecular complexity index is 864. The Labute approximate surface area is 113 Å². The second-order valence-corrected chi connectivity index (χ2v) is 4.30. The smallest absolute Gasteiger partial charge is 0.201 e. The van der Waals surface area contributed by atoms with Crippen LogP contribution in [0.3, 0.4) is 0 Å². The number of phenolic OH excluding ortho intramolecular Hbond substituents is 3. The van der Waals surface area contributed by atoms with Crippen molar-refractivity contribution in [1.82, 2.24) is 0 Å². The number of aromatic hydroxyl groups is 3. The van der Waals surface area contributed by atoms with Crippen LogP contribution in [0, 0.1) is 0 Å². The molecule has 0 aliphatic heterocycles. The van der Waals surface area contributed by atoms with Gasteiger partial charge in [-0.05, 0) is 24.3 Å². The standard InChI is InChI=1S/C15H10O5/c16-10-4-2-1-3-8(10)13-7-12(18)9-5-6-11(17)14(19)15(9)20-13/h1-7,16-17,19H. The molecule has 0 saturated carbocycles. The van der Waals surface area contributed by atoms with E-state index in [1.807, 2.05) is 0 Å². The maximum atomic E-state index is 12.0. The second-order valence-electron chi connectivity index (χ2n) is 4.30. The summed E-state index contributed by atoms with van der Waals surface area (Å²) in [7, 11) is 0. The molecule has 0 radical (unpaired) electrons. The molecule has 1 heterocycles. The number of hydrogen-bond donors (Lipinski definition) is 3. The summed E-state index contributed by atoms with van der Waals surface area (Å²) >= 11 is 0. The molecule has 5 heteroatoms. The minimum Gasteiger partial charge on any atom is -0.507 e. The number of phenols is 3. The zero-order valence-corrected chi connectivity index (χ0v) is 10.2. The van der Waals surface area contributed by atoms with Gasteiger partial charge in [-0.1, -0.05) is 12.1 Å². The van der Waals surface area contributed by atoms with E-state index in [0.29, 0.717) is 5.56 Å². The number of hydrogen-bond acceptors (Lipinski definition) is 5. The predicted octanol–water partition coefficient (Wildman–Crippen LogP) is 2.58. The lowest BCUT2D eigenvalue weighted by Gasteiger charge is -2.06. The maximum absolute atomic E-state index is 12.0. The first-order valence-corrected chi connectivity index (χ1v) is 5.85. The zero-order valence-electron chi connectivity index (χ0n) is 10.2. The van der Waals surface area contributed by atoms with Gasteiger partial charge in [0.2, 0.25) is 5.75 Å². The van der Waals surface area contributed by atoms with Crippen molar-refractivity contribution in [3.05, 3.63) is 52.7 Å². The number of para-hydroxylation sites is 1. The Balaban J connectivity index is 2.38. The van der Waals surface area contributed by atoms with Gasteiger partial charge in [-0.3, -0.25) is 4.79 Å². The number of benzene rings is 2. The normalized spacial score (nSPS) is 10.8. The van der Waals surface area contributed by atoms with E-state index in [-0.39, 0.29) is 33.7 Å². The zero-order chi connectivity index (χ0) is 14.3. The van der Waals surface area contributed by atoms with Crippen LogP contribution in [-0.2, 0) is 0 Å². The number of rotatable bonds is 1. The van der Waals surface area contributed by atoms with Crippen LogP contribution in [-0.4, -0.2) is 15.3 Å². The van der Waals surface area contributed by atoms with Crippen molar-refractivity contribution >= 4 is 11.0 Å². The molecule has 0 unspecified atom stereocenters. The number of fused-ring (bicyclic) bond motifs is 1. The van der Waals surface area contributed by atoms with Gasteiger partial charge in [0.1, 0.15) is 11.5 Å². The molecule has 0 atom stereocenters. The highest BCUT2D eigenvalue weighted by Crippen LogP contribution is 2.36. The van der Waals surface area contributed by atoms with E-state index in [9.17, 15) is 20.1 Å². The highest BCUT2D eigenvalue weighted by atomic mass is 16.4. The molecule has 2 aromatic carbocycles. The second kappa shape index (κ2) is 4.31. The van der Waals surface area contributed by atoms with Crippen molar-refractivity contribution in [2.45, 2.75) is 0 Å². The first-order chi connectivity index (χ1) is 9.58. The predicted molar refractivity (Wildman–Crippen MR) is 72.9 cm³/mol. The van der Waals surface area contributed by atoms with Crippen molar-refractivity contribution in [1.29, 1.82) is 0 Å². The van der Waals surface area contributed by atoms with Crippen LogP contribution in [0.15, 0.2) is 51.7 Å². The third-order valence-corrected chi connectivity index (χ3v) is 3.02. The summed E-state index contributed by atoms with van der Waals surface area (Å²) in [6.07, 6.45) is 0. The average molecular weight is 270 g/mol. The molecule has 3 rings (SSSR count). The highest BCUT2D eigenvalue weighted by Gasteiger charge is 2.14. The van der Waals surface area contributed by atoms with Crippen LogP contribution in [0.25, 0.3) is 22.3 Å². The largest absolute Gasteiger partial charge is 0.507 e. The van der Waals surface area contributed by atoms with Crippen LogP contribution in [0.1, 0.15) is 0 Å². The molecule has 0 spiro atoms. The van der Waals surface area contributed by atoms with Gasteiger partial charge in [0.25, 0.3) is 0 Å². The summed E-state index contributed by atoms with van der Waals surface area (Å²) in [5.41, 5.74) is -0.162. The van der Waals surface area contributed by atoms with Gasteiger partial charge in [0.15, 0.2) is 16.8 Å². The lowest BCUT2D eigenvalue weighted by atomic mass is 10.1. The van der Waals surface area contributed by atoms with Crippen LogP contribution in [0.2, 0.25) is 0 Å². The fourth-order valence-electron chi connectivity index (χ4n) is 2.01. The van der Waals surface area contributed by atoms with Crippen molar-refractivity contribution in [3.8, 4) is 28.6 Å². The summed E-state index contributed by atoms with van der Waals surface area (Å²) in [6.45, 7) is 0. The quantitative estimate of drug-likeness (QED) is 0.591. The van der Waals surface area contributed by atoms with Crippen LogP contribution in [0.5, 0.6) is 17.2 Å². The first kappa shape index (κ1) is 12.1. The molecule has 100 valence electrons. The summed E-state index contributed by atoms with van der Waals surface area (Å²) < 4.78 is 5.45. The molecule has 5 nitrogen and oxygen atoms in total. The Hall–Kier alpha value is -2.95. The van der Waals surface area contributed by atoms with Gasteiger partial charge < -0.3 is 19.7 Å². The molecule has 0 aliphatic rings. The van der Waals surface area contributed by atoms with Crippen LogP contribution < -0.4 is 5.43 Å². The average Bonchev–Trinajstić information content (AvgIpc) is 2.43. The fourth-order valence-corrected chi connectivity index (χ4v) is 2.01. The van der Waals surface area contributed by atoms with E-state index in [4.69, 9.17) is 4.42 Å². The minimum absolute atomic E-state index is 0.0466. The van der Waals surface area contributed by atoms with Gasteiger partial charge in [-0.25, -0.2) is 0 Å². The van der Waals surface area contributed by atoms with E-state index in [1.54, 1.807) is 18.2 Å². The highest BCUT2D eigenvalue weighted by molar-refractivity contribution is 5.86. The van der Waals surface area contributed by atoms with Gasteiger partial charge in [0, 0.05) is 6.07 Å². The Morgan fingerprint density at radius 2 is 1.65 bits per heavy atom. The minimum atomic E-state index is -0.503. The third kappa shape index (κ3) is 1.76. The SMILES string of the molecule is O=c1cc(-c2ccccc2O)oc2c(O)c(O)ccc12. The molecule has 3 aromatic rings. The Kier molecular flexibility index (Phi) is 2.61. The van der Waals surface area contributed by atoms with E-state index in [0.717, 1.165) is 0 Å². The van der Waals surface area contributed by atoms with Gasteiger partial charge in [-0.15, -0.1) is 0 Å². The fraction of sp³-hybridized carbons (Fsp3) is 0. The van der Waals surface area contributed by atoms with E-state index in [2.05, 4.69) is 0 Å². The van der Waals surface area contributed by atoms with Crippen molar-refractivity contribution in [2.75, 3.05) is 0 Å². The van der Waals surface area contributed by atoms with Gasteiger partial charge in [0.05, 0.1) is 10.9 Å². The summed E-state index contributed by atoms with van der Waals surface area (Å²) in [5, 5.41) is 29.2. The molecule has 0 fully saturated rings. The molecule has 20 heavy (non-hydrogen) atoms. The van der Waals surface area contributed by atoms with Crippen molar-refractivity contribution in [2.24, 2.45) is 0 Å². The van der Waals surface area contributed by atoms with Gasteiger partial charge in [-0.2, -0.15) is 0 Å². The van der Waals surface area contributed by atoms with Crippen LogP contribution >= 0.6 is 0 Å². The molecular formula is C15H10O5. The van der Waals surface area contributed by atoms with Gasteiger partial charge >= 0.3 is 0 Å². The molecule has 0 aliphatic carbocycles. The van der Waals surface area contributed by atoms with Crippen molar-refractivity contribution in [3.63, 3.8) is 0 Å². The lowest BCUT2D eigenvalue weighted by Crippen LogP contribution is -2.00. The maximum Gasteiger partial charge on any atom is 0.201 e. The topological polar surface area (TPSA) is 90.9 Å². The Morgan fingerprint density at radius 1 is 0.900 bits per heavy atom. The molecule has 1 aromatic heterocycles. The molecule has 3 N–H and O–H groups in total. The van der Waals surface area contributed by atoms with E-state index in [1.165, 1.54) is 24.3 Å². The summed E-state index contributed by atoms with van der Waals surface area (Å²) in [6, 6.07) is 10.2. The molecule has 0 amide bonds. The molecular weight excluding hydrogens is 260 g/mol. The van der Waals surface area contributed by atoms with E-state index >= 15 is 0 Å². The molecule has 0 saturated heterocycles. The summed E-state index contributed by atoms with van der Waals surface area (Å²) in [5.74, 6) is -0.817. The first-order valence-electron chi connectivity index (χ1n) is 5.85.